The summed E-state index contributed by atoms with van der Waals surface area (Å²) in [6.45, 7) is 1.30. The van der Waals surface area contributed by atoms with Crippen LogP contribution in [0.15, 0.2) is 71.6 Å². The maximum Gasteiger partial charge on any atom is 0.134 e. The van der Waals surface area contributed by atoms with E-state index in [4.69, 9.17) is 10.5 Å². The van der Waals surface area contributed by atoms with Crippen LogP contribution in [-0.2, 0) is 0 Å². The molecule has 0 atom stereocenters. The Bertz CT molecular complexity index is 904. The van der Waals surface area contributed by atoms with Gasteiger partial charge in [0.25, 0.3) is 0 Å². The molecule has 0 aliphatic heterocycles. The predicted molar refractivity (Wildman–Crippen MR) is 112 cm³/mol. The second-order valence-corrected chi connectivity index (χ2v) is 6.72. The third kappa shape index (κ3) is 5.15. The Morgan fingerprint density at radius 3 is 2.52 bits per heavy atom. The molecule has 0 aliphatic rings. The van der Waals surface area contributed by atoms with Crippen LogP contribution >= 0.6 is 11.9 Å². The van der Waals surface area contributed by atoms with Crippen molar-refractivity contribution in [1.82, 2.24) is 0 Å². The Kier molecular flexibility index (Phi) is 6.57. The summed E-state index contributed by atoms with van der Waals surface area (Å²) in [5.41, 5.74) is 9.25. The van der Waals surface area contributed by atoms with Crippen LogP contribution in [0.25, 0.3) is 11.1 Å². The van der Waals surface area contributed by atoms with Crippen LogP contribution in [0.4, 0.5) is 15.8 Å². The van der Waals surface area contributed by atoms with Crippen molar-refractivity contribution in [2.45, 2.75) is 4.90 Å². The van der Waals surface area contributed by atoms with Crippen LogP contribution in [0, 0.1) is 5.82 Å². The Hall–Kier alpha value is -2.70. The van der Waals surface area contributed by atoms with E-state index in [1.807, 2.05) is 48.5 Å². The summed E-state index contributed by atoms with van der Waals surface area (Å²) in [7, 11) is 1.64. The van der Waals surface area contributed by atoms with Gasteiger partial charge in [-0.15, -0.1) is 0 Å². The molecular formula is C21H22FN3OS. The van der Waals surface area contributed by atoms with Crippen LogP contribution in [0.2, 0.25) is 0 Å². The fraction of sp³-hybridized carbons (Fsp3) is 0.143. The number of nitrogens with two attached hydrogens (primary N) is 1. The molecule has 0 radical (unpaired) electrons. The van der Waals surface area contributed by atoms with E-state index >= 15 is 0 Å². The molecule has 0 bridgehead atoms. The number of nitrogens with one attached hydrogen (secondary N) is 2. The highest BCUT2D eigenvalue weighted by Crippen LogP contribution is 2.34. The second kappa shape index (κ2) is 9.30. The van der Waals surface area contributed by atoms with Crippen LogP contribution in [0.1, 0.15) is 0 Å². The highest BCUT2D eigenvalue weighted by Gasteiger charge is 2.08. The first-order valence-electron chi connectivity index (χ1n) is 8.60. The molecule has 0 fully saturated rings. The van der Waals surface area contributed by atoms with Crippen LogP contribution in [-0.4, -0.2) is 20.2 Å². The van der Waals surface area contributed by atoms with E-state index in [0.717, 1.165) is 39.7 Å². The fourth-order valence-electron chi connectivity index (χ4n) is 2.63. The Labute approximate surface area is 163 Å². The quantitative estimate of drug-likeness (QED) is 0.478. The summed E-state index contributed by atoms with van der Waals surface area (Å²) in [4.78, 5) is 0.916. The molecule has 3 aromatic rings. The molecule has 0 spiro atoms. The summed E-state index contributed by atoms with van der Waals surface area (Å²) in [6.07, 6.45) is 0. The number of benzene rings is 3. The highest BCUT2D eigenvalue weighted by atomic mass is 32.2. The van der Waals surface area contributed by atoms with E-state index in [9.17, 15) is 4.39 Å². The maximum absolute atomic E-state index is 13.5. The van der Waals surface area contributed by atoms with Gasteiger partial charge in [-0.1, -0.05) is 24.3 Å². The Morgan fingerprint density at radius 1 is 0.963 bits per heavy atom. The zero-order chi connectivity index (χ0) is 19.1. The first-order chi connectivity index (χ1) is 13.2. The molecule has 4 nitrogen and oxygen atoms in total. The largest absolute Gasteiger partial charge is 0.496 e. The minimum Gasteiger partial charge on any atom is -0.496 e. The SMILES string of the molecule is COc1ccc(-c2cccc(F)c2)cc1SNc1cccc(NCCN)c1. The van der Waals surface area contributed by atoms with Crippen molar-refractivity contribution >= 4 is 23.3 Å². The van der Waals surface area contributed by atoms with Crippen molar-refractivity contribution in [1.29, 1.82) is 0 Å². The summed E-state index contributed by atoms with van der Waals surface area (Å²) in [6, 6.07) is 20.3. The van der Waals surface area contributed by atoms with Crippen molar-refractivity contribution < 1.29 is 9.13 Å². The average Bonchev–Trinajstić information content (AvgIpc) is 2.71. The van der Waals surface area contributed by atoms with E-state index in [1.54, 1.807) is 13.2 Å². The highest BCUT2D eigenvalue weighted by molar-refractivity contribution is 8.00. The van der Waals surface area contributed by atoms with Crippen LogP contribution in [0.3, 0.4) is 0 Å². The van der Waals surface area contributed by atoms with Gasteiger partial charge in [0.15, 0.2) is 0 Å². The minimum atomic E-state index is -0.252. The third-order valence-corrected chi connectivity index (χ3v) is 4.81. The number of anilines is 2. The van der Waals surface area contributed by atoms with E-state index in [-0.39, 0.29) is 5.82 Å². The van der Waals surface area contributed by atoms with Crippen molar-refractivity contribution in [3.8, 4) is 16.9 Å². The standard InChI is InChI=1S/C21H22FN3OS/c1-26-20-9-8-16(15-4-2-5-17(22)12-15)13-21(20)27-25-19-7-3-6-18(14-19)24-11-10-23/h2-9,12-14,24-25H,10-11,23H2,1H3. The van der Waals surface area contributed by atoms with Gasteiger partial charge in [-0.25, -0.2) is 4.39 Å². The molecule has 0 unspecified atom stereocenters. The Balaban J connectivity index is 1.78. The van der Waals surface area contributed by atoms with Gasteiger partial charge in [-0.3, -0.25) is 0 Å². The van der Waals surface area contributed by atoms with Crippen molar-refractivity contribution in [2.75, 3.05) is 30.2 Å². The topological polar surface area (TPSA) is 59.3 Å². The number of ether oxygens (including phenoxy) is 1. The zero-order valence-electron chi connectivity index (χ0n) is 15.0. The van der Waals surface area contributed by atoms with Gasteiger partial charge in [0.05, 0.1) is 12.0 Å². The first-order valence-corrected chi connectivity index (χ1v) is 9.42. The van der Waals surface area contributed by atoms with Crippen molar-refractivity contribution in [2.24, 2.45) is 5.73 Å². The molecule has 0 saturated carbocycles. The first kappa shape index (κ1) is 19.1. The summed E-state index contributed by atoms with van der Waals surface area (Å²) < 4.78 is 22.3. The Morgan fingerprint density at radius 2 is 1.74 bits per heavy atom. The molecule has 6 heteroatoms. The number of hydrogen-bond acceptors (Lipinski definition) is 5. The lowest BCUT2D eigenvalue weighted by molar-refractivity contribution is 0.405. The lowest BCUT2D eigenvalue weighted by Crippen LogP contribution is -2.12. The molecule has 0 amide bonds. The van der Waals surface area contributed by atoms with E-state index in [2.05, 4.69) is 10.0 Å². The molecule has 4 N–H and O–H groups in total. The number of halogens is 1. The average molecular weight is 383 g/mol. The van der Waals surface area contributed by atoms with Crippen molar-refractivity contribution in [3.05, 3.63) is 72.5 Å². The molecule has 3 aromatic carbocycles. The molecule has 140 valence electrons. The van der Waals surface area contributed by atoms with E-state index < -0.39 is 0 Å². The lowest BCUT2D eigenvalue weighted by atomic mass is 10.1. The molecule has 0 saturated heterocycles. The number of rotatable bonds is 8. The summed E-state index contributed by atoms with van der Waals surface area (Å²) in [5.74, 6) is 0.502. The molecular weight excluding hydrogens is 361 g/mol. The maximum atomic E-state index is 13.5. The molecule has 0 aromatic heterocycles. The minimum absolute atomic E-state index is 0.252. The summed E-state index contributed by atoms with van der Waals surface area (Å²) >= 11 is 1.45. The monoisotopic (exact) mass is 383 g/mol. The van der Waals surface area contributed by atoms with Gasteiger partial charge in [0.1, 0.15) is 11.6 Å². The third-order valence-electron chi connectivity index (χ3n) is 3.94. The van der Waals surface area contributed by atoms with Gasteiger partial charge in [-0.05, 0) is 65.5 Å². The molecule has 0 heterocycles. The van der Waals surface area contributed by atoms with Gasteiger partial charge in [0, 0.05) is 24.5 Å². The van der Waals surface area contributed by atoms with Crippen LogP contribution in [0.5, 0.6) is 5.75 Å². The predicted octanol–water partition coefficient (Wildman–Crippen LogP) is 4.99. The lowest BCUT2D eigenvalue weighted by Gasteiger charge is -2.13. The zero-order valence-corrected chi connectivity index (χ0v) is 15.9. The van der Waals surface area contributed by atoms with E-state index in [1.165, 1.54) is 24.1 Å². The summed E-state index contributed by atoms with van der Waals surface area (Å²) in [5, 5.41) is 3.26. The number of hydrogen-bond donors (Lipinski definition) is 3. The molecule has 27 heavy (non-hydrogen) atoms. The van der Waals surface area contributed by atoms with Gasteiger partial charge < -0.3 is 20.5 Å². The smallest absolute Gasteiger partial charge is 0.134 e. The van der Waals surface area contributed by atoms with E-state index in [0.29, 0.717) is 6.54 Å². The van der Waals surface area contributed by atoms with Gasteiger partial charge in [-0.2, -0.15) is 0 Å². The fourth-order valence-corrected chi connectivity index (χ4v) is 3.42. The molecule has 3 rings (SSSR count). The molecule has 0 aliphatic carbocycles. The van der Waals surface area contributed by atoms with Crippen LogP contribution < -0.4 is 20.5 Å². The number of methoxy groups -OCH3 is 1. The van der Waals surface area contributed by atoms with Gasteiger partial charge in [0.2, 0.25) is 0 Å². The van der Waals surface area contributed by atoms with Crippen molar-refractivity contribution in [3.63, 3.8) is 0 Å². The second-order valence-electron chi connectivity index (χ2n) is 5.88. The normalized spacial score (nSPS) is 10.5. The van der Waals surface area contributed by atoms with Gasteiger partial charge >= 0.3 is 0 Å².